The van der Waals surface area contributed by atoms with Crippen LogP contribution in [0.3, 0.4) is 0 Å². The van der Waals surface area contributed by atoms with E-state index in [0.29, 0.717) is 29.9 Å². The Hall–Kier alpha value is -3.57. The maximum atomic E-state index is 13.4. The van der Waals surface area contributed by atoms with E-state index in [1.807, 2.05) is 31.2 Å². The molecule has 0 spiro atoms. The highest BCUT2D eigenvalue weighted by Crippen LogP contribution is 2.52. The fraction of sp³-hybridized carbons (Fsp3) is 0.280. The number of rotatable bonds is 7. The van der Waals surface area contributed by atoms with Gasteiger partial charge in [0.1, 0.15) is 5.82 Å². The number of fused-ring (bicyclic) bond motifs is 1. The summed E-state index contributed by atoms with van der Waals surface area (Å²) in [5.74, 6) is -0.114. The van der Waals surface area contributed by atoms with Crippen molar-refractivity contribution in [1.82, 2.24) is 9.71 Å². The molecule has 2 N–H and O–H groups in total. The topological polar surface area (TPSA) is 107 Å². The Balaban J connectivity index is 1.36. The van der Waals surface area contributed by atoms with E-state index in [1.54, 1.807) is 18.2 Å². The lowest BCUT2D eigenvalue weighted by Gasteiger charge is -2.17. The zero-order valence-corrected chi connectivity index (χ0v) is 20.3. The molecule has 2 aliphatic rings. The number of ether oxygens (including phenoxy) is 2. The minimum atomic E-state index is -3.72. The number of nitrogens with one attached hydrogen (secondary N) is 2. The molecule has 0 bridgehead atoms. The van der Waals surface area contributed by atoms with Crippen molar-refractivity contribution in [3.63, 3.8) is 0 Å². The highest BCUT2D eigenvalue weighted by atomic mass is 32.2. The Morgan fingerprint density at radius 3 is 2.53 bits per heavy atom. The van der Waals surface area contributed by atoms with Gasteiger partial charge in [-0.25, -0.2) is 18.1 Å². The second-order valence-corrected chi connectivity index (χ2v) is 10.9. The first-order valence-electron chi connectivity index (χ1n) is 11.2. The quantitative estimate of drug-likeness (QED) is 0.491. The molecule has 0 atom stereocenters. The van der Waals surface area contributed by atoms with Crippen LogP contribution in [-0.2, 0) is 26.8 Å². The first-order chi connectivity index (χ1) is 16.9. The zero-order valence-electron chi connectivity index (χ0n) is 19.5. The van der Waals surface area contributed by atoms with Crippen LogP contribution in [0, 0.1) is 6.92 Å². The second kappa shape index (κ2) is 8.52. The molecular weight excluding hydrogens is 492 g/mol. The lowest BCUT2D eigenvalue weighted by molar-refractivity contribution is -0.286. The number of pyridine rings is 1. The Bertz CT molecular complexity index is 1470. The summed E-state index contributed by atoms with van der Waals surface area (Å²) >= 11 is 0. The highest BCUT2D eigenvalue weighted by Gasteiger charge is 2.53. The number of hydrogen-bond acceptors (Lipinski definition) is 6. The second-order valence-electron chi connectivity index (χ2n) is 9.02. The van der Waals surface area contributed by atoms with E-state index in [0.717, 1.165) is 22.9 Å². The summed E-state index contributed by atoms with van der Waals surface area (Å²) in [6.07, 6.45) is -1.51. The highest BCUT2D eigenvalue weighted by molar-refractivity contribution is 7.88. The number of hydrogen-bond donors (Lipinski definition) is 2. The van der Waals surface area contributed by atoms with Crippen LogP contribution in [0.5, 0.6) is 11.5 Å². The number of anilines is 1. The van der Waals surface area contributed by atoms with Gasteiger partial charge in [0.15, 0.2) is 11.5 Å². The number of alkyl halides is 2. The fourth-order valence-electron chi connectivity index (χ4n) is 4.19. The maximum Gasteiger partial charge on any atom is 0.586 e. The van der Waals surface area contributed by atoms with Crippen molar-refractivity contribution in [2.45, 2.75) is 38.0 Å². The number of amides is 1. The smallest absolute Gasteiger partial charge is 0.395 e. The molecule has 3 aromatic rings. The Morgan fingerprint density at radius 1 is 1.06 bits per heavy atom. The predicted molar refractivity (Wildman–Crippen MR) is 128 cm³/mol. The lowest BCUT2D eigenvalue weighted by atomic mass is 9.94. The molecule has 36 heavy (non-hydrogen) atoms. The summed E-state index contributed by atoms with van der Waals surface area (Å²) < 4.78 is 61.1. The van der Waals surface area contributed by atoms with Crippen LogP contribution >= 0.6 is 0 Å². The molecule has 0 unspecified atom stereocenters. The lowest BCUT2D eigenvalue weighted by Crippen LogP contribution is -2.28. The van der Waals surface area contributed by atoms with E-state index in [1.165, 1.54) is 12.1 Å². The molecular formula is C25H23F2N3O5S. The normalized spacial score (nSPS) is 17.0. The third kappa shape index (κ3) is 4.89. The van der Waals surface area contributed by atoms with Gasteiger partial charge in [-0.1, -0.05) is 30.3 Å². The summed E-state index contributed by atoms with van der Waals surface area (Å²) in [5.41, 5.74) is 2.76. The van der Waals surface area contributed by atoms with Gasteiger partial charge < -0.3 is 14.8 Å². The molecule has 11 heteroatoms. The molecule has 1 aliphatic heterocycles. The summed E-state index contributed by atoms with van der Waals surface area (Å²) in [4.78, 5) is 17.9. The molecule has 8 nitrogen and oxygen atoms in total. The summed E-state index contributed by atoms with van der Waals surface area (Å²) in [6.45, 7) is 2.03. The minimum Gasteiger partial charge on any atom is -0.395 e. The van der Waals surface area contributed by atoms with Gasteiger partial charge in [0.25, 0.3) is 0 Å². The monoisotopic (exact) mass is 515 g/mol. The molecule has 0 radical (unpaired) electrons. The maximum absolute atomic E-state index is 13.4. The zero-order chi connectivity index (χ0) is 25.7. The fourth-order valence-corrected chi connectivity index (χ4v) is 4.62. The first kappa shape index (κ1) is 24.1. The van der Waals surface area contributed by atoms with Crippen molar-refractivity contribution in [3.8, 4) is 22.8 Å². The molecule has 1 amide bonds. The average Bonchev–Trinajstić information content (AvgIpc) is 3.56. The number of aryl methyl sites for hydroxylation is 1. The van der Waals surface area contributed by atoms with Crippen LogP contribution in [-0.4, -0.2) is 31.9 Å². The molecule has 2 heterocycles. The minimum absolute atomic E-state index is 0.0706. The van der Waals surface area contributed by atoms with E-state index < -0.39 is 21.7 Å². The van der Waals surface area contributed by atoms with Gasteiger partial charge in [-0.05, 0) is 60.7 Å². The van der Waals surface area contributed by atoms with E-state index in [-0.39, 0.29) is 24.0 Å². The van der Waals surface area contributed by atoms with Gasteiger partial charge in [0, 0.05) is 12.1 Å². The Labute approximate surface area is 206 Å². The number of benzene rings is 2. The Kier molecular flexibility index (Phi) is 5.72. The Morgan fingerprint density at radius 2 is 1.81 bits per heavy atom. The summed E-state index contributed by atoms with van der Waals surface area (Å²) in [6, 6.07) is 15.2. The van der Waals surface area contributed by atoms with Gasteiger partial charge in [0.2, 0.25) is 15.9 Å². The van der Waals surface area contributed by atoms with Crippen molar-refractivity contribution in [3.05, 3.63) is 71.3 Å². The van der Waals surface area contributed by atoms with Crippen molar-refractivity contribution >= 4 is 21.7 Å². The van der Waals surface area contributed by atoms with E-state index in [9.17, 15) is 22.0 Å². The van der Waals surface area contributed by atoms with Gasteiger partial charge in [-0.15, -0.1) is 8.78 Å². The van der Waals surface area contributed by atoms with Crippen LogP contribution in [0.25, 0.3) is 11.3 Å². The third-order valence-electron chi connectivity index (χ3n) is 6.22. The van der Waals surface area contributed by atoms with Crippen molar-refractivity contribution in [2.75, 3.05) is 11.6 Å². The molecule has 0 saturated heterocycles. The van der Waals surface area contributed by atoms with Crippen molar-refractivity contribution < 1.29 is 31.5 Å². The van der Waals surface area contributed by atoms with E-state index in [2.05, 4.69) is 24.5 Å². The SMILES string of the molecule is Cc1ccc(NC(=O)C2(c3ccc4c(c3)OC(F)(F)O4)CC2)nc1-c1cccc(CNS(C)(=O)=O)c1. The summed E-state index contributed by atoms with van der Waals surface area (Å²) in [7, 11) is -3.33. The van der Waals surface area contributed by atoms with Crippen LogP contribution in [0.1, 0.15) is 29.5 Å². The molecule has 1 aliphatic carbocycles. The molecule has 1 aromatic heterocycles. The number of nitrogens with zero attached hydrogens (tertiary/aromatic N) is 1. The third-order valence-corrected chi connectivity index (χ3v) is 6.88. The largest absolute Gasteiger partial charge is 0.586 e. The first-order valence-corrected chi connectivity index (χ1v) is 13.1. The molecule has 1 saturated carbocycles. The summed E-state index contributed by atoms with van der Waals surface area (Å²) in [5, 5.41) is 2.86. The average molecular weight is 516 g/mol. The predicted octanol–water partition coefficient (Wildman–Crippen LogP) is 4.10. The van der Waals surface area contributed by atoms with Gasteiger partial charge >= 0.3 is 6.29 Å². The number of halogens is 2. The number of aromatic nitrogens is 1. The van der Waals surface area contributed by atoms with Gasteiger partial charge in [0.05, 0.1) is 17.4 Å². The van der Waals surface area contributed by atoms with Gasteiger partial charge in [-0.3, -0.25) is 4.79 Å². The molecule has 188 valence electrons. The van der Waals surface area contributed by atoms with Crippen LogP contribution in [0.15, 0.2) is 54.6 Å². The van der Waals surface area contributed by atoms with Crippen LogP contribution in [0.4, 0.5) is 14.6 Å². The molecule has 5 rings (SSSR count). The number of carbonyl (C=O) groups is 1. The van der Waals surface area contributed by atoms with Crippen molar-refractivity contribution in [1.29, 1.82) is 0 Å². The van der Waals surface area contributed by atoms with E-state index in [4.69, 9.17) is 0 Å². The van der Waals surface area contributed by atoms with Crippen LogP contribution < -0.4 is 19.5 Å². The van der Waals surface area contributed by atoms with Crippen LogP contribution in [0.2, 0.25) is 0 Å². The standard InChI is InChI=1S/C25H23F2N3O5S/c1-15-6-9-21(29-22(15)17-5-3-4-16(12-17)14-28-36(2,32)33)30-23(31)24(10-11-24)18-7-8-19-20(13-18)35-25(26,27)34-19/h3-9,12-13,28H,10-11,14H2,1-2H3,(H,29,30,31). The van der Waals surface area contributed by atoms with E-state index >= 15 is 0 Å². The number of sulfonamides is 1. The number of carbonyl (C=O) groups excluding carboxylic acids is 1. The molecule has 2 aromatic carbocycles. The molecule has 1 fully saturated rings. The van der Waals surface area contributed by atoms with Gasteiger partial charge in [-0.2, -0.15) is 0 Å². The van der Waals surface area contributed by atoms with Crippen molar-refractivity contribution in [2.24, 2.45) is 0 Å².